The number of benzene rings is 1. The predicted molar refractivity (Wildman–Crippen MR) is 100 cm³/mol. The van der Waals surface area contributed by atoms with Gasteiger partial charge < -0.3 is 19.3 Å². The minimum Gasteiger partial charge on any atom is -0.494 e. The number of esters is 1. The van der Waals surface area contributed by atoms with Crippen LogP contribution >= 0.6 is 11.8 Å². The molecule has 10 heteroatoms. The fourth-order valence-corrected chi connectivity index (χ4v) is 2.71. The van der Waals surface area contributed by atoms with Crippen LogP contribution in [0.25, 0.3) is 0 Å². The second kappa shape index (κ2) is 9.88. The average molecular weight is 410 g/mol. The standard InChI is InChI=1S/C18H19FN2O6S/c1-10-6-16(21-27-10)20-18(24)11(2)28-9-17(23)26-8-14(22)12-4-5-15(25-3)13(19)7-12/h4-7,11H,8-9H2,1-3H3,(H,20,21,24)/t11-/m1/s1. The number of nitrogens with zero attached hydrogens (tertiary/aromatic N) is 1. The van der Waals surface area contributed by atoms with Crippen LogP contribution < -0.4 is 10.1 Å². The van der Waals surface area contributed by atoms with Gasteiger partial charge in [-0.05, 0) is 32.0 Å². The molecule has 0 fully saturated rings. The smallest absolute Gasteiger partial charge is 0.316 e. The Kier molecular flexibility index (Phi) is 7.56. The van der Waals surface area contributed by atoms with Crippen molar-refractivity contribution in [3.05, 3.63) is 41.4 Å². The van der Waals surface area contributed by atoms with Crippen LogP contribution in [0.5, 0.6) is 5.75 Å². The Morgan fingerprint density at radius 1 is 1.32 bits per heavy atom. The van der Waals surface area contributed by atoms with Crippen molar-refractivity contribution in [2.24, 2.45) is 0 Å². The Morgan fingerprint density at radius 3 is 2.68 bits per heavy atom. The highest BCUT2D eigenvalue weighted by Gasteiger charge is 2.18. The molecule has 0 unspecified atom stereocenters. The Hall–Kier alpha value is -2.88. The zero-order valence-corrected chi connectivity index (χ0v) is 16.3. The predicted octanol–water partition coefficient (Wildman–Crippen LogP) is 2.62. The number of anilines is 1. The lowest BCUT2D eigenvalue weighted by Gasteiger charge is -2.10. The summed E-state index contributed by atoms with van der Waals surface area (Å²) in [4.78, 5) is 35.8. The van der Waals surface area contributed by atoms with Crippen LogP contribution in [0.3, 0.4) is 0 Å². The highest BCUT2D eigenvalue weighted by atomic mass is 32.2. The number of carbonyl (C=O) groups is 3. The van der Waals surface area contributed by atoms with Crippen molar-refractivity contribution in [3.63, 3.8) is 0 Å². The summed E-state index contributed by atoms with van der Waals surface area (Å²) in [6, 6.07) is 5.28. The monoisotopic (exact) mass is 410 g/mol. The van der Waals surface area contributed by atoms with E-state index in [0.717, 1.165) is 17.8 Å². The van der Waals surface area contributed by atoms with Gasteiger partial charge in [0.1, 0.15) is 5.76 Å². The lowest BCUT2D eigenvalue weighted by atomic mass is 10.1. The molecule has 1 aromatic carbocycles. The third-order valence-electron chi connectivity index (χ3n) is 3.54. The molecule has 0 aliphatic carbocycles. The largest absolute Gasteiger partial charge is 0.494 e. The van der Waals surface area contributed by atoms with Crippen LogP contribution in [0.4, 0.5) is 10.2 Å². The van der Waals surface area contributed by atoms with E-state index in [0.29, 0.717) is 5.76 Å². The van der Waals surface area contributed by atoms with Gasteiger partial charge in [-0.1, -0.05) is 5.16 Å². The first kappa shape index (κ1) is 21.4. The van der Waals surface area contributed by atoms with Crippen molar-refractivity contribution >= 4 is 35.2 Å². The minimum absolute atomic E-state index is 0.0120. The third kappa shape index (κ3) is 6.08. The van der Waals surface area contributed by atoms with Gasteiger partial charge in [0.05, 0.1) is 18.1 Å². The first-order chi connectivity index (χ1) is 13.3. The molecule has 150 valence electrons. The number of nitrogens with one attached hydrogen (secondary N) is 1. The number of rotatable bonds is 9. The minimum atomic E-state index is -0.683. The van der Waals surface area contributed by atoms with E-state index in [9.17, 15) is 18.8 Å². The number of halogens is 1. The van der Waals surface area contributed by atoms with Gasteiger partial charge in [-0.2, -0.15) is 0 Å². The van der Waals surface area contributed by atoms with E-state index in [4.69, 9.17) is 14.0 Å². The quantitative estimate of drug-likeness (QED) is 0.497. The van der Waals surface area contributed by atoms with Crippen molar-refractivity contribution < 1.29 is 32.8 Å². The van der Waals surface area contributed by atoms with Crippen LogP contribution in [0.15, 0.2) is 28.8 Å². The molecule has 0 aliphatic heterocycles. The van der Waals surface area contributed by atoms with E-state index < -0.39 is 29.4 Å². The molecule has 1 atom stereocenters. The molecule has 2 rings (SSSR count). The van der Waals surface area contributed by atoms with Gasteiger partial charge >= 0.3 is 5.97 Å². The number of ketones is 1. The Bertz CT molecular complexity index is 870. The van der Waals surface area contributed by atoms with E-state index in [2.05, 4.69) is 10.5 Å². The maximum absolute atomic E-state index is 13.6. The van der Waals surface area contributed by atoms with Crippen molar-refractivity contribution in [1.29, 1.82) is 0 Å². The highest BCUT2D eigenvalue weighted by molar-refractivity contribution is 8.01. The number of aryl methyl sites for hydroxylation is 1. The van der Waals surface area contributed by atoms with E-state index in [1.54, 1.807) is 19.9 Å². The Balaban J connectivity index is 1.75. The molecule has 1 amide bonds. The number of ether oxygens (including phenoxy) is 2. The fraction of sp³-hybridized carbons (Fsp3) is 0.333. The number of aromatic nitrogens is 1. The van der Waals surface area contributed by atoms with Crippen molar-refractivity contribution in [2.75, 3.05) is 24.8 Å². The molecule has 0 radical (unpaired) electrons. The number of amides is 1. The molecule has 1 heterocycles. The number of Topliss-reactive ketones (excluding diaryl/α,β-unsaturated/α-hetero) is 1. The molecule has 28 heavy (non-hydrogen) atoms. The normalized spacial score (nSPS) is 11.6. The summed E-state index contributed by atoms with van der Waals surface area (Å²) in [5.74, 6) is -1.52. The Morgan fingerprint density at radius 2 is 2.07 bits per heavy atom. The average Bonchev–Trinajstić information content (AvgIpc) is 3.08. The molecule has 0 aliphatic rings. The van der Waals surface area contributed by atoms with Gasteiger partial charge in [0, 0.05) is 11.6 Å². The molecular formula is C18H19FN2O6S. The van der Waals surface area contributed by atoms with Crippen LogP contribution in [0.2, 0.25) is 0 Å². The van der Waals surface area contributed by atoms with Gasteiger partial charge in [-0.25, -0.2) is 4.39 Å². The van der Waals surface area contributed by atoms with Crippen molar-refractivity contribution in [2.45, 2.75) is 19.1 Å². The molecular weight excluding hydrogens is 391 g/mol. The topological polar surface area (TPSA) is 108 Å². The van der Waals surface area contributed by atoms with E-state index in [-0.39, 0.29) is 28.8 Å². The van der Waals surface area contributed by atoms with E-state index in [1.807, 2.05) is 0 Å². The van der Waals surface area contributed by atoms with Crippen molar-refractivity contribution in [1.82, 2.24) is 5.16 Å². The van der Waals surface area contributed by atoms with Gasteiger partial charge in [-0.15, -0.1) is 11.8 Å². The maximum Gasteiger partial charge on any atom is 0.316 e. The number of hydrogen-bond donors (Lipinski definition) is 1. The second-order valence-electron chi connectivity index (χ2n) is 5.70. The molecule has 0 saturated heterocycles. The van der Waals surface area contributed by atoms with Crippen molar-refractivity contribution in [3.8, 4) is 5.75 Å². The molecule has 8 nitrogen and oxygen atoms in total. The summed E-state index contributed by atoms with van der Waals surface area (Å²) >= 11 is 1.04. The number of carbonyl (C=O) groups excluding carboxylic acids is 3. The molecule has 2 aromatic rings. The summed E-state index contributed by atoms with van der Waals surface area (Å²) in [5, 5.41) is 5.64. The second-order valence-corrected chi connectivity index (χ2v) is 7.03. The fourth-order valence-electron chi connectivity index (χ4n) is 2.03. The van der Waals surface area contributed by atoms with Crippen LogP contribution in [0.1, 0.15) is 23.0 Å². The molecule has 0 bridgehead atoms. The van der Waals surface area contributed by atoms with Gasteiger partial charge in [0.2, 0.25) is 5.91 Å². The number of methoxy groups -OCH3 is 1. The summed E-state index contributed by atoms with van der Waals surface area (Å²) in [6.45, 7) is 2.79. The highest BCUT2D eigenvalue weighted by Crippen LogP contribution is 2.18. The summed E-state index contributed by atoms with van der Waals surface area (Å²) < 4.78 is 28.1. The zero-order valence-electron chi connectivity index (χ0n) is 15.5. The molecule has 1 aromatic heterocycles. The molecule has 1 N–H and O–H groups in total. The number of hydrogen-bond acceptors (Lipinski definition) is 8. The van der Waals surface area contributed by atoms with E-state index in [1.165, 1.54) is 19.2 Å². The number of thioether (sulfide) groups is 1. The molecule has 0 spiro atoms. The lowest BCUT2D eigenvalue weighted by Crippen LogP contribution is -2.24. The summed E-state index contributed by atoms with van der Waals surface area (Å²) in [7, 11) is 1.31. The third-order valence-corrected chi connectivity index (χ3v) is 4.65. The first-order valence-corrected chi connectivity index (χ1v) is 9.23. The SMILES string of the molecule is COc1ccc(C(=O)COC(=O)CS[C@H](C)C(=O)Nc2cc(C)on2)cc1F. The first-order valence-electron chi connectivity index (χ1n) is 8.18. The summed E-state index contributed by atoms with van der Waals surface area (Å²) in [6.07, 6.45) is 0. The maximum atomic E-state index is 13.6. The Labute approximate surface area is 164 Å². The summed E-state index contributed by atoms with van der Waals surface area (Å²) in [5.41, 5.74) is 0.0643. The van der Waals surface area contributed by atoms with Gasteiger partial charge in [-0.3, -0.25) is 14.4 Å². The zero-order chi connectivity index (χ0) is 20.7. The van der Waals surface area contributed by atoms with Crippen LogP contribution in [-0.4, -0.2) is 47.5 Å². The van der Waals surface area contributed by atoms with Crippen LogP contribution in [-0.2, 0) is 14.3 Å². The van der Waals surface area contributed by atoms with Gasteiger partial charge in [0.15, 0.2) is 29.8 Å². The molecule has 0 saturated carbocycles. The lowest BCUT2D eigenvalue weighted by molar-refractivity contribution is -0.139. The van der Waals surface area contributed by atoms with Crippen LogP contribution in [0, 0.1) is 12.7 Å². The van der Waals surface area contributed by atoms with E-state index >= 15 is 0 Å². The van der Waals surface area contributed by atoms with Gasteiger partial charge in [0.25, 0.3) is 0 Å².